The van der Waals surface area contributed by atoms with E-state index in [9.17, 15) is 13.5 Å². The van der Waals surface area contributed by atoms with E-state index in [2.05, 4.69) is 14.7 Å². The topological polar surface area (TPSA) is 95.1 Å². The summed E-state index contributed by atoms with van der Waals surface area (Å²) in [5.41, 5.74) is 3.14. The second kappa shape index (κ2) is 7.10. The van der Waals surface area contributed by atoms with Crippen LogP contribution in [0.4, 0.5) is 5.69 Å². The third-order valence-electron chi connectivity index (χ3n) is 4.34. The summed E-state index contributed by atoms with van der Waals surface area (Å²) in [6.07, 6.45) is 0. The van der Waals surface area contributed by atoms with Crippen molar-refractivity contribution in [3.8, 4) is 17.1 Å². The Morgan fingerprint density at radius 2 is 1.79 bits per heavy atom. The van der Waals surface area contributed by atoms with Gasteiger partial charge in [0.05, 0.1) is 16.7 Å². The van der Waals surface area contributed by atoms with Gasteiger partial charge in [-0.25, -0.2) is 13.4 Å². The highest BCUT2D eigenvalue weighted by Crippen LogP contribution is 2.33. The minimum absolute atomic E-state index is 0.156. The summed E-state index contributed by atoms with van der Waals surface area (Å²) in [5.74, 6) is 0.302. The minimum Gasteiger partial charge on any atom is -0.506 e. The first kappa shape index (κ1) is 18.8. The number of anilines is 1. The summed E-state index contributed by atoms with van der Waals surface area (Å²) in [4.78, 5) is 7.61. The van der Waals surface area contributed by atoms with Crippen LogP contribution in [0.1, 0.15) is 5.56 Å². The van der Waals surface area contributed by atoms with Gasteiger partial charge in [0, 0.05) is 9.13 Å². The zero-order valence-electron chi connectivity index (χ0n) is 14.8. The van der Waals surface area contributed by atoms with Gasteiger partial charge >= 0.3 is 0 Å². The first-order chi connectivity index (χ1) is 13.3. The number of sulfonamides is 1. The number of hydrogen-bond acceptors (Lipinski definition) is 4. The zero-order valence-corrected chi connectivity index (χ0v) is 17.7. The molecule has 8 heteroatoms. The molecule has 3 N–H and O–H groups in total. The van der Waals surface area contributed by atoms with E-state index >= 15 is 0 Å². The lowest BCUT2D eigenvalue weighted by Crippen LogP contribution is -2.14. The van der Waals surface area contributed by atoms with Gasteiger partial charge in [0.25, 0.3) is 10.0 Å². The summed E-state index contributed by atoms with van der Waals surface area (Å²) in [6.45, 7) is 1.67. The first-order valence-electron chi connectivity index (χ1n) is 8.41. The number of phenols is 1. The van der Waals surface area contributed by atoms with Crippen LogP contribution in [-0.4, -0.2) is 23.5 Å². The standard InChI is InChI=1S/C20H16IN3O3S/c1-12-10-13(21)11-18(19(12)25)28(26,27)24-15-7-3-2-6-14(15)20-22-16-8-4-5-9-17(16)23-20/h2-11,24-25H,1H3,(H,22,23). The molecule has 4 rings (SSSR count). The fourth-order valence-electron chi connectivity index (χ4n) is 2.97. The van der Waals surface area contributed by atoms with Gasteiger partial charge in [0.15, 0.2) is 0 Å². The fraction of sp³-hybridized carbons (Fsp3) is 0.0500. The Bertz CT molecular complexity index is 1270. The van der Waals surface area contributed by atoms with Crippen LogP contribution in [-0.2, 0) is 10.0 Å². The lowest BCUT2D eigenvalue weighted by Gasteiger charge is -2.13. The molecule has 0 aliphatic heterocycles. The molecule has 0 saturated carbocycles. The maximum absolute atomic E-state index is 13.0. The summed E-state index contributed by atoms with van der Waals surface area (Å²) in [6, 6.07) is 17.8. The number of fused-ring (bicyclic) bond motifs is 1. The van der Waals surface area contributed by atoms with Crippen molar-refractivity contribution in [2.24, 2.45) is 0 Å². The summed E-state index contributed by atoms with van der Waals surface area (Å²) < 4.78 is 29.3. The smallest absolute Gasteiger partial charge is 0.265 e. The van der Waals surface area contributed by atoms with E-state index in [4.69, 9.17) is 0 Å². The molecule has 0 unspecified atom stereocenters. The number of aryl methyl sites for hydroxylation is 1. The number of aromatic amines is 1. The van der Waals surface area contributed by atoms with Crippen molar-refractivity contribution in [1.29, 1.82) is 0 Å². The van der Waals surface area contributed by atoms with Crippen molar-refractivity contribution in [2.45, 2.75) is 11.8 Å². The van der Waals surface area contributed by atoms with Gasteiger partial charge in [-0.2, -0.15) is 0 Å². The molecule has 0 spiro atoms. The number of aromatic hydroxyl groups is 1. The van der Waals surface area contributed by atoms with Crippen molar-refractivity contribution in [3.63, 3.8) is 0 Å². The minimum atomic E-state index is -4.00. The van der Waals surface area contributed by atoms with Crippen LogP contribution in [0.2, 0.25) is 0 Å². The van der Waals surface area contributed by atoms with Crippen LogP contribution in [0.3, 0.4) is 0 Å². The number of benzene rings is 3. The summed E-state index contributed by atoms with van der Waals surface area (Å²) in [5, 5.41) is 10.3. The van der Waals surface area contributed by atoms with Crippen LogP contribution < -0.4 is 4.72 Å². The second-order valence-corrected chi connectivity index (χ2v) is 9.22. The Balaban J connectivity index is 1.79. The van der Waals surface area contributed by atoms with E-state index in [1.165, 1.54) is 6.07 Å². The van der Waals surface area contributed by atoms with Gasteiger partial charge in [0.1, 0.15) is 16.5 Å². The average molecular weight is 505 g/mol. The highest BCUT2D eigenvalue weighted by atomic mass is 127. The summed E-state index contributed by atoms with van der Waals surface area (Å²) >= 11 is 2.02. The molecule has 0 saturated heterocycles. The third kappa shape index (κ3) is 3.45. The van der Waals surface area contributed by atoms with Crippen molar-refractivity contribution in [1.82, 2.24) is 9.97 Å². The van der Waals surface area contributed by atoms with Gasteiger partial charge in [-0.05, 0) is 71.5 Å². The van der Waals surface area contributed by atoms with Gasteiger partial charge in [-0.1, -0.05) is 24.3 Å². The molecule has 6 nitrogen and oxygen atoms in total. The number of rotatable bonds is 4. The van der Waals surface area contributed by atoms with E-state index < -0.39 is 10.0 Å². The normalized spacial score (nSPS) is 11.6. The Labute approximate surface area is 175 Å². The SMILES string of the molecule is Cc1cc(I)cc(S(=O)(=O)Nc2ccccc2-c2nc3ccccc3[nH]2)c1O. The number of H-pyrrole nitrogens is 1. The van der Waals surface area contributed by atoms with Gasteiger partial charge < -0.3 is 10.1 Å². The molecular formula is C20H16IN3O3S. The quantitative estimate of drug-likeness (QED) is 0.352. The number of aromatic nitrogens is 2. The molecule has 1 aromatic heterocycles. The van der Waals surface area contributed by atoms with E-state index in [0.717, 1.165) is 14.6 Å². The summed E-state index contributed by atoms with van der Waals surface area (Å²) in [7, 11) is -4.00. The Hall–Kier alpha value is -2.59. The molecule has 28 heavy (non-hydrogen) atoms. The van der Waals surface area contributed by atoms with Crippen molar-refractivity contribution in [2.75, 3.05) is 4.72 Å². The average Bonchev–Trinajstić information content (AvgIpc) is 3.08. The number of nitrogens with one attached hydrogen (secondary N) is 2. The monoisotopic (exact) mass is 505 g/mol. The second-order valence-electron chi connectivity index (χ2n) is 6.32. The number of phenolic OH excluding ortho intramolecular Hbond substituents is 1. The molecule has 142 valence electrons. The molecule has 0 radical (unpaired) electrons. The highest BCUT2D eigenvalue weighted by molar-refractivity contribution is 14.1. The predicted molar refractivity (Wildman–Crippen MR) is 118 cm³/mol. The van der Waals surface area contributed by atoms with E-state index in [0.29, 0.717) is 22.6 Å². The maximum Gasteiger partial charge on any atom is 0.265 e. The number of hydrogen-bond donors (Lipinski definition) is 3. The van der Waals surface area contributed by atoms with Crippen molar-refractivity contribution in [3.05, 3.63) is 69.8 Å². The van der Waals surface area contributed by atoms with Gasteiger partial charge in [-0.3, -0.25) is 4.72 Å². The van der Waals surface area contributed by atoms with Gasteiger partial charge in [-0.15, -0.1) is 0 Å². The first-order valence-corrected chi connectivity index (χ1v) is 11.0. The van der Waals surface area contributed by atoms with Crippen molar-refractivity contribution < 1.29 is 13.5 Å². The van der Waals surface area contributed by atoms with E-state index in [1.54, 1.807) is 31.2 Å². The molecule has 3 aromatic carbocycles. The van der Waals surface area contributed by atoms with Gasteiger partial charge in [0.2, 0.25) is 0 Å². The molecule has 4 aromatic rings. The number of nitrogens with zero attached hydrogens (tertiary/aromatic N) is 1. The largest absolute Gasteiger partial charge is 0.506 e. The molecule has 0 bridgehead atoms. The number of para-hydroxylation sites is 3. The van der Waals surface area contributed by atoms with Crippen LogP contribution in [0.5, 0.6) is 5.75 Å². The van der Waals surface area contributed by atoms with Crippen LogP contribution >= 0.6 is 22.6 Å². The third-order valence-corrected chi connectivity index (χ3v) is 6.34. The molecule has 0 aliphatic rings. The number of imidazole rings is 1. The zero-order chi connectivity index (χ0) is 19.9. The lowest BCUT2D eigenvalue weighted by molar-refractivity contribution is 0.454. The molecule has 0 aliphatic carbocycles. The van der Waals surface area contributed by atoms with Crippen molar-refractivity contribution >= 4 is 49.3 Å². The highest BCUT2D eigenvalue weighted by Gasteiger charge is 2.22. The molecular weight excluding hydrogens is 489 g/mol. The van der Waals surface area contributed by atoms with Crippen LogP contribution in [0, 0.1) is 10.5 Å². The molecule has 0 fully saturated rings. The lowest BCUT2D eigenvalue weighted by atomic mass is 10.2. The molecule has 0 atom stereocenters. The Morgan fingerprint density at radius 1 is 1.07 bits per heavy atom. The molecule has 0 amide bonds. The fourth-order valence-corrected chi connectivity index (χ4v) is 5.23. The molecule has 1 heterocycles. The predicted octanol–water partition coefficient (Wildman–Crippen LogP) is 4.65. The Morgan fingerprint density at radius 3 is 2.57 bits per heavy atom. The Kier molecular flexibility index (Phi) is 4.76. The van der Waals surface area contributed by atoms with E-state index in [-0.39, 0.29) is 10.6 Å². The number of halogens is 1. The van der Waals surface area contributed by atoms with Crippen LogP contribution in [0.15, 0.2) is 65.6 Å². The maximum atomic E-state index is 13.0. The van der Waals surface area contributed by atoms with E-state index in [1.807, 2.05) is 52.9 Å². The van der Waals surface area contributed by atoms with Crippen LogP contribution in [0.25, 0.3) is 22.4 Å².